The molecule has 0 bridgehead atoms. The summed E-state index contributed by atoms with van der Waals surface area (Å²) in [5.74, 6) is -0.512. The van der Waals surface area contributed by atoms with Crippen LogP contribution in [0.4, 0.5) is 0 Å². The first-order chi connectivity index (χ1) is 18.2. The van der Waals surface area contributed by atoms with E-state index in [4.69, 9.17) is 23.7 Å². The van der Waals surface area contributed by atoms with Crippen LogP contribution in [0.3, 0.4) is 0 Å². The van der Waals surface area contributed by atoms with Crippen molar-refractivity contribution >= 4 is 5.97 Å². The molecule has 0 aromatic heterocycles. The number of carbonyl (C=O) groups is 1. The molecular weight excluding hydrogens is 468 g/mol. The molecule has 1 aliphatic rings. The van der Waals surface area contributed by atoms with Crippen molar-refractivity contribution in [3.8, 4) is 0 Å². The highest BCUT2D eigenvalue weighted by molar-refractivity contribution is 5.75. The quantitative estimate of drug-likeness (QED) is 0.249. The molecule has 1 aliphatic heterocycles. The zero-order valence-electron chi connectivity index (χ0n) is 21.1. The van der Waals surface area contributed by atoms with Crippen molar-refractivity contribution in [1.29, 1.82) is 0 Å². The molecule has 1 fully saturated rings. The zero-order chi connectivity index (χ0) is 25.9. The maximum Gasteiger partial charge on any atom is 0.337 e. The Labute approximate surface area is 218 Å². The topological polar surface area (TPSA) is 63.2 Å². The normalized spacial score (nSPS) is 23.3. The Bertz CT molecular complexity index is 1090. The summed E-state index contributed by atoms with van der Waals surface area (Å²) >= 11 is 0. The molecule has 5 atom stereocenters. The Hall–Kier alpha value is -3.29. The van der Waals surface area contributed by atoms with Crippen LogP contribution in [0.1, 0.15) is 23.1 Å². The minimum atomic E-state index is -0.976. The fraction of sp³-hybridized carbons (Fsp3) is 0.323. The van der Waals surface area contributed by atoms with Gasteiger partial charge in [-0.3, -0.25) is 0 Å². The van der Waals surface area contributed by atoms with Crippen LogP contribution < -0.4 is 0 Å². The van der Waals surface area contributed by atoms with Crippen LogP contribution in [0.2, 0.25) is 0 Å². The highest BCUT2D eigenvalue weighted by Gasteiger charge is 2.51. The first kappa shape index (κ1) is 26.8. The molecule has 6 heteroatoms. The fourth-order valence-electron chi connectivity index (χ4n) is 4.45. The average molecular weight is 503 g/mol. The summed E-state index contributed by atoms with van der Waals surface area (Å²) < 4.78 is 30.7. The fourth-order valence-corrected chi connectivity index (χ4v) is 4.45. The lowest BCUT2D eigenvalue weighted by Gasteiger charge is -2.45. The Kier molecular flexibility index (Phi) is 10.0. The molecule has 6 nitrogen and oxygen atoms in total. The number of carbonyl (C=O) groups excluding carboxylic acids is 1. The van der Waals surface area contributed by atoms with Gasteiger partial charge in [-0.1, -0.05) is 97.1 Å². The van der Waals surface area contributed by atoms with Gasteiger partial charge in [-0.15, -0.1) is 6.58 Å². The Balaban J connectivity index is 1.64. The van der Waals surface area contributed by atoms with Gasteiger partial charge in [0.25, 0.3) is 0 Å². The summed E-state index contributed by atoms with van der Waals surface area (Å²) in [4.78, 5) is 12.9. The van der Waals surface area contributed by atoms with Gasteiger partial charge in [0.15, 0.2) is 6.10 Å². The standard InChI is InChI=1S/C31H34O6/c1-3-13-26-27(34-20-23-14-7-4-8-15-23)28(35-21-24-16-9-5-10-17-24)29(30(37-26)31(32)33-2)36-22-25-18-11-6-12-19-25/h3-12,14-19,26-30H,1,13,20-22H2,2H3/t26-,27+,28+,29-,30-/m0/s1. The van der Waals surface area contributed by atoms with E-state index in [9.17, 15) is 4.79 Å². The molecule has 4 rings (SSSR count). The number of methoxy groups -OCH3 is 1. The molecule has 0 radical (unpaired) electrons. The maximum absolute atomic E-state index is 12.9. The van der Waals surface area contributed by atoms with E-state index in [1.807, 2.05) is 91.0 Å². The molecule has 0 aliphatic carbocycles. The van der Waals surface area contributed by atoms with E-state index in [0.29, 0.717) is 19.6 Å². The molecule has 37 heavy (non-hydrogen) atoms. The van der Waals surface area contributed by atoms with Crippen molar-refractivity contribution in [3.05, 3.63) is 120 Å². The number of hydrogen-bond acceptors (Lipinski definition) is 6. The third-order valence-electron chi connectivity index (χ3n) is 6.32. The largest absolute Gasteiger partial charge is 0.467 e. The molecule has 0 amide bonds. The third kappa shape index (κ3) is 7.37. The number of esters is 1. The van der Waals surface area contributed by atoms with Crippen LogP contribution in [0.25, 0.3) is 0 Å². The van der Waals surface area contributed by atoms with Gasteiger partial charge >= 0.3 is 5.97 Å². The smallest absolute Gasteiger partial charge is 0.337 e. The monoisotopic (exact) mass is 502 g/mol. The van der Waals surface area contributed by atoms with E-state index >= 15 is 0 Å². The predicted octanol–water partition coefficient (Wildman–Crippen LogP) is 5.26. The summed E-state index contributed by atoms with van der Waals surface area (Å²) in [6.45, 7) is 4.86. The van der Waals surface area contributed by atoms with Crippen molar-refractivity contribution in [2.45, 2.75) is 56.8 Å². The lowest BCUT2D eigenvalue weighted by molar-refractivity contribution is -0.264. The molecule has 0 saturated carbocycles. The van der Waals surface area contributed by atoms with Crippen LogP contribution in [-0.2, 0) is 48.3 Å². The van der Waals surface area contributed by atoms with E-state index in [0.717, 1.165) is 16.7 Å². The molecule has 3 aromatic carbocycles. The Morgan fingerprint density at radius 1 is 0.730 bits per heavy atom. The highest BCUT2D eigenvalue weighted by atomic mass is 16.6. The Morgan fingerprint density at radius 2 is 1.16 bits per heavy atom. The van der Waals surface area contributed by atoms with Crippen molar-refractivity contribution in [2.24, 2.45) is 0 Å². The minimum Gasteiger partial charge on any atom is -0.467 e. The molecule has 0 unspecified atom stereocenters. The van der Waals surface area contributed by atoms with Gasteiger partial charge in [-0.25, -0.2) is 4.79 Å². The number of hydrogen-bond donors (Lipinski definition) is 0. The van der Waals surface area contributed by atoms with Gasteiger partial charge in [0.1, 0.15) is 18.3 Å². The van der Waals surface area contributed by atoms with Gasteiger partial charge in [0.05, 0.1) is 33.0 Å². The summed E-state index contributed by atoms with van der Waals surface area (Å²) in [6, 6.07) is 29.6. The lowest BCUT2D eigenvalue weighted by atomic mass is 9.92. The lowest BCUT2D eigenvalue weighted by Crippen LogP contribution is -2.62. The molecule has 1 saturated heterocycles. The van der Waals surface area contributed by atoms with Gasteiger partial charge in [0.2, 0.25) is 0 Å². The molecule has 0 spiro atoms. The zero-order valence-corrected chi connectivity index (χ0v) is 21.1. The highest BCUT2D eigenvalue weighted by Crippen LogP contribution is 2.32. The van der Waals surface area contributed by atoms with Crippen LogP contribution in [-0.4, -0.2) is 43.6 Å². The van der Waals surface area contributed by atoms with Gasteiger partial charge < -0.3 is 23.7 Å². The van der Waals surface area contributed by atoms with Crippen LogP contribution in [0.15, 0.2) is 104 Å². The van der Waals surface area contributed by atoms with E-state index in [-0.39, 0.29) is 6.61 Å². The second kappa shape index (κ2) is 13.9. The van der Waals surface area contributed by atoms with Crippen LogP contribution in [0, 0.1) is 0 Å². The third-order valence-corrected chi connectivity index (χ3v) is 6.32. The van der Waals surface area contributed by atoms with Crippen molar-refractivity contribution in [3.63, 3.8) is 0 Å². The molecule has 0 N–H and O–H groups in total. The van der Waals surface area contributed by atoms with E-state index in [1.165, 1.54) is 7.11 Å². The van der Waals surface area contributed by atoms with E-state index < -0.39 is 36.5 Å². The number of benzene rings is 3. The summed E-state index contributed by atoms with van der Waals surface area (Å²) in [7, 11) is 1.35. The molecule has 194 valence electrons. The number of rotatable bonds is 12. The predicted molar refractivity (Wildman–Crippen MR) is 141 cm³/mol. The molecule has 1 heterocycles. The van der Waals surface area contributed by atoms with Crippen molar-refractivity contribution < 1.29 is 28.5 Å². The number of ether oxygens (including phenoxy) is 5. The van der Waals surface area contributed by atoms with Gasteiger partial charge in [-0.05, 0) is 23.1 Å². The maximum atomic E-state index is 12.9. The minimum absolute atomic E-state index is 0.283. The summed E-state index contributed by atoms with van der Waals surface area (Å²) in [5.41, 5.74) is 3.01. The Morgan fingerprint density at radius 3 is 1.59 bits per heavy atom. The van der Waals surface area contributed by atoms with E-state index in [1.54, 1.807) is 6.08 Å². The van der Waals surface area contributed by atoms with Crippen molar-refractivity contribution in [1.82, 2.24) is 0 Å². The van der Waals surface area contributed by atoms with Crippen LogP contribution >= 0.6 is 0 Å². The first-order valence-corrected chi connectivity index (χ1v) is 12.5. The molecule has 3 aromatic rings. The van der Waals surface area contributed by atoms with E-state index in [2.05, 4.69) is 6.58 Å². The van der Waals surface area contributed by atoms with Crippen molar-refractivity contribution in [2.75, 3.05) is 7.11 Å². The average Bonchev–Trinajstić information content (AvgIpc) is 2.95. The summed E-state index contributed by atoms with van der Waals surface area (Å²) in [6.07, 6.45) is -1.07. The first-order valence-electron chi connectivity index (χ1n) is 12.5. The second-order valence-electron chi connectivity index (χ2n) is 8.93. The van der Waals surface area contributed by atoms with Gasteiger partial charge in [0, 0.05) is 0 Å². The van der Waals surface area contributed by atoms with Gasteiger partial charge in [-0.2, -0.15) is 0 Å². The van der Waals surface area contributed by atoms with Crippen LogP contribution in [0.5, 0.6) is 0 Å². The second-order valence-corrected chi connectivity index (χ2v) is 8.93. The summed E-state index contributed by atoms with van der Waals surface area (Å²) in [5, 5.41) is 0. The SMILES string of the molecule is C=CC[C@@H]1O[C@H](C(=O)OC)[C@@H](OCc2ccccc2)[C@H](OCc2ccccc2)[C@@H]1OCc1ccccc1. The molecular formula is C31H34O6.